The highest BCUT2D eigenvalue weighted by Gasteiger charge is 2.17. The second-order valence-corrected chi connectivity index (χ2v) is 5.44. The Labute approximate surface area is 129 Å². The van der Waals surface area contributed by atoms with Crippen LogP contribution in [0.2, 0.25) is 0 Å². The smallest absolute Gasteiger partial charge is 0.249 e. The summed E-state index contributed by atoms with van der Waals surface area (Å²) in [6.07, 6.45) is 1.65. The van der Waals surface area contributed by atoms with Crippen molar-refractivity contribution in [2.75, 3.05) is 0 Å². The van der Waals surface area contributed by atoms with Gasteiger partial charge in [0, 0.05) is 11.1 Å². The SMILES string of the molecule is CCCc1c(C(N)=O)ccc2oc(-c3ccc(C)cc3)nc12. The molecule has 4 heteroatoms. The van der Waals surface area contributed by atoms with Crippen LogP contribution in [0.1, 0.15) is 34.8 Å². The number of primary amides is 1. The minimum absolute atomic E-state index is 0.426. The third-order valence-electron chi connectivity index (χ3n) is 3.73. The van der Waals surface area contributed by atoms with Crippen LogP contribution in [0.4, 0.5) is 0 Å². The summed E-state index contributed by atoms with van der Waals surface area (Å²) in [5.74, 6) is 0.138. The van der Waals surface area contributed by atoms with Gasteiger partial charge >= 0.3 is 0 Å². The highest BCUT2D eigenvalue weighted by atomic mass is 16.3. The van der Waals surface area contributed by atoms with Gasteiger partial charge in [0.2, 0.25) is 11.8 Å². The molecule has 0 bridgehead atoms. The summed E-state index contributed by atoms with van der Waals surface area (Å²) in [6, 6.07) is 11.5. The molecule has 0 atom stereocenters. The molecular weight excluding hydrogens is 276 g/mol. The Morgan fingerprint density at radius 2 is 1.91 bits per heavy atom. The first-order chi connectivity index (χ1) is 10.6. The van der Waals surface area contributed by atoms with Gasteiger partial charge in [-0.15, -0.1) is 0 Å². The normalized spacial score (nSPS) is 11.0. The molecule has 3 rings (SSSR count). The summed E-state index contributed by atoms with van der Waals surface area (Å²) in [7, 11) is 0. The van der Waals surface area contributed by atoms with Gasteiger partial charge in [0.1, 0.15) is 5.52 Å². The minimum atomic E-state index is -0.426. The van der Waals surface area contributed by atoms with E-state index in [9.17, 15) is 4.79 Å². The van der Waals surface area contributed by atoms with Crippen LogP contribution in [0, 0.1) is 6.92 Å². The highest BCUT2D eigenvalue weighted by molar-refractivity contribution is 5.99. The van der Waals surface area contributed by atoms with Crippen molar-refractivity contribution in [3.63, 3.8) is 0 Å². The molecule has 0 radical (unpaired) electrons. The zero-order valence-corrected chi connectivity index (χ0v) is 12.7. The Morgan fingerprint density at radius 3 is 2.55 bits per heavy atom. The van der Waals surface area contributed by atoms with Crippen LogP contribution in [0.5, 0.6) is 0 Å². The number of oxazole rings is 1. The third-order valence-corrected chi connectivity index (χ3v) is 3.73. The predicted octanol–water partition coefficient (Wildman–Crippen LogP) is 3.85. The van der Waals surface area contributed by atoms with Crippen LogP contribution in [0.25, 0.3) is 22.6 Å². The molecule has 0 aliphatic carbocycles. The van der Waals surface area contributed by atoms with E-state index in [0.717, 1.165) is 29.5 Å². The predicted molar refractivity (Wildman–Crippen MR) is 86.7 cm³/mol. The van der Waals surface area contributed by atoms with E-state index in [1.54, 1.807) is 12.1 Å². The number of aryl methyl sites for hydroxylation is 2. The number of fused-ring (bicyclic) bond motifs is 1. The monoisotopic (exact) mass is 294 g/mol. The number of aromatic nitrogens is 1. The van der Waals surface area contributed by atoms with Crippen molar-refractivity contribution in [2.24, 2.45) is 5.73 Å². The van der Waals surface area contributed by atoms with E-state index >= 15 is 0 Å². The largest absolute Gasteiger partial charge is 0.436 e. The van der Waals surface area contributed by atoms with Crippen molar-refractivity contribution in [2.45, 2.75) is 26.7 Å². The molecule has 0 spiro atoms. The van der Waals surface area contributed by atoms with Crippen LogP contribution in [-0.4, -0.2) is 10.9 Å². The summed E-state index contributed by atoms with van der Waals surface area (Å²) in [4.78, 5) is 16.2. The second-order valence-electron chi connectivity index (χ2n) is 5.44. The number of nitrogens with zero attached hydrogens (tertiary/aromatic N) is 1. The second kappa shape index (κ2) is 5.64. The van der Waals surface area contributed by atoms with Crippen LogP contribution in [-0.2, 0) is 6.42 Å². The lowest BCUT2D eigenvalue weighted by Crippen LogP contribution is -2.14. The van der Waals surface area contributed by atoms with Crippen molar-refractivity contribution in [1.29, 1.82) is 0 Å². The maximum Gasteiger partial charge on any atom is 0.249 e. The fraction of sp³-hybridized carbons (Fsp3) is 0.222. The van der Waals surface area contributed by atoms with E-state index in [0.29, 0.717) is 17.0 Å². The number of hydrogen-bond acceptors (Lipinski definition) is 3. The summed E-state index contributed by atoms with van der Waals surface area (Å²) >= 11 is 0. The summed E-state index contributed by atoms with van der Waals surface area (Å²) in [5, 5.41) is 0. The standard InChI is InChI=1S/C18H18N2O2/c1-3-4-13-14(17(19)21)9-10-15-16(13)20-18(22-15)12-7-5-11(2)6-8-12/h5-10H,3-4H2,1-2H3,(H2,19,21). The fourth-order valence-corrected chi connectivity index (χ4v) is 2.60. The van der Waals surface area contributed by atoms with Crippen LogP contribution < -0.4 is 5.73 Å². The van der Waals surface area contributed by atoms with Gasteiger partial charge in [0.25, 0.3) is 0 Å². The fourth-order valence-electron chi connectivity index (χ4n) is 2.60. The number of nitrogens with two attached hydrogens (primary N) is 1. The average Bonchev–Trinajstić information content (AvgIpc) is 2.92. The molecule has 0 fully saturated rings. The summed E-state index contributed by atoms with van der Waals surface area (Å²) < 4.78 is 5.85. The lowest BCUT2D eigenvalue weighted by atomic mass is 10.0. The lowest BCUT2D eigenvalue weighted by Gasteiger charge is -2.05. The molecule has 0 aliphatic heterocycles. The Hall–Kier alpha value is -2.62. The molecule has 2 N–H and O–H groups in total. The van der Waals surface area contributed by atoms with Gasteiger partial charge in [0.05, 0.1) is 0 Å². The van der Waals surface area contributed by atoms with E-state index < -0.39 is 5.91 Å². The zero-order valence-electron chi connectivity index (χ0n) is 12.7. The molecule has 0 saturated carbocycles. The van der Waals surface area contributed by atoms with Crippen molar-refractivity contribution >= 4 is 17.0 Å². The molecular formula is C18H18N2O2. The molecule has 3 aromatic rings. The third kappa shape index (κ3) is 2.48. The van der Waals surface area contributed by atoms with Gasteiger partial charge in [-0.3, -0.25) is 4.79 Å². The minimum Gasteiger partial charge on any atom is -0.436 e. The van der Waals surface area contributed by atoms with Gasteiger partial charge in [-0.25, -0.2) is 4.98 Å². The van der Waals surface area contributed by atoms with Gasteiger partial charge in [-0.1, -0.05) is 31.0 Å². The van der Waals surface area contributed by atoms with Gasteiger partial charge in [0.15, 0.2) is 5.58 Å². The van der Waals surface area contributed by atoms with Gasteiger partial charge in [-0.2, -0.15) is 0 Å². The molecule has 1 amide bonds. The van der Waals surface area contributed by atoms with Crippen molar-refractivity contribution in [3.05, 3.63) is 53.1 Å². The van der Waals surface area contributed by atoms with Crippen molar-refractivity contribution in [1.82, 2.24) is 4.98 Å². The number of carbonyl (C=O) groups excluding carboxylic acids is 1. The Bertz CT molecular complexity index is 832. The number of benzene rings is 2. The van der Waals surface area contributed by atoms with Crippen LogP contribution >= 0.6 is 0 Å². The van der Waals surface area contributed by atoms with E-state index in [1.165, 1.54) is 5.56 Å². The molecule has 2 aromatic carbocycles. The van der Waals surface area contributed by atoms with E-state index in [-0.39, 0.29) is 0 Å². The Kier molecular flexibility index (Phi) is 3.67. The molecule has 1 aromatic heterocycles. The quantitative estimate of drug-likeness (QED) is 0.794. The first-order valence-corrected chi connectivity index (χ1v) is 7.39. The molecule has 0 aliphatic rings. The molecule has 112 valence electrons. The van der Waals surface area contributed by atoms with Gasteiger partial charge < -0.3 is 10.2 Å². The van der Waals surface area contributed by atoms with E-state index in [4.69, 9.17) is 10.2 Å². The maximum absolute atomic E-state index is 11.6. The molecule has 22 heavy (non-hydrogen) atoms. The zero-order chi connectivity index (χ0) is 15.7. The lowest BCUT2D eigenvalue weighted by molar-refractivity contribution is 0.0999. The molecule has 4 nitrogen and oxygen atoms in total. The van der Waals surface area contributed by atoms with Crippen molar-refractivity contribution < 1.29 is 9.21 Å². The Morgan fingerprint density at radius 1 is 1.18 bits per heavy atom. The Balaban J connectivity index is 2.18. The molecule has 0 unspecified atom stereocenters. The summed E-state index contributed by atoms with van der Waals surface area (Å²) in [6.45, 7) is 4.10. The summed E-state index contributed by atoms with van der Waals surface area (Å²) in [5.41, 5.74) is 10.4. The van der Waals surface area contributed by atoms with Gasteiger partial charge in [-0.05, 0) is 43.2 Å². The maximum atomic E-state index is 11.6. The van der Waals surface area contributed by atoms with Crippen molar-refractivity contribution in [3.8, 4) is 11.5 Å². The first kappa shape index (κ1) is 14.3. The number of carbonyl (C=O) groups is 1. The molecule has 0 saturated heterocycles. The van der Waals surface area contributed by atoms with E-state index in [1.807, 2.05) is 31.2 Å². The molecule has 1 heterocycles. The topological polar surface area (TPSA) is 69.1 Å². The average molecular weight is 294 g/mol. The van der Waals surface area contributed by atoms with E-state index in [2.05, 4.69) is 11.9 Å². The van der Waals surface area contributed by atoms with Crippen LogP contribution in [0.15, 0.2) is 40.8 Å². The number of rotatable bonds is 4. The first-order valence-electron chi connectivity index (χ1n) is 7.39. The number of hydrogen-bond donors (Lipinski definition) is 1. The van der Waals surface area contributed by atoms with Crippen LogP contribution in [0.3, 0.4) is 0 Å². The highest BCUT2D eigenvalue weighted by Crippen LogP contribution is 2.29. The number of amides is 1.